The summed E-state index contributed by atoms with van der Waals surface area (Å²) in [6.45, 7) is 1.99. The maximum Gasteiger partial charge on any atom is 0.227 e. The molecule has 1 aliphatic heterocycles. The third-order valence-corrected chi connectivity index (χ3v) is 5.67. The Hall–Kier alpha value is -2.25. The van der Waals surface area contributed by atoms with Crippen LogP contribution in [0.15, 0.2) is 29.6 Å². The number of nitrogens with zero attached hydrogens (tertiary/aromatic N) is 1. The Labute approximate surface area is 170 Å². The summed E-state index contributed by atoms with van der Waals surface area (Å²) in [5, 5.41) is 2.03. The summed E-state index contributed by atoms with van der Waals surface area (Å²) in [7, 11) is 4.71. The quantitative estimate of drug-likeness (QED) is 0.639. The lowest BCUT2D eigenvalue weighted by molar-refractivity contribution is -0.132. The van der Waals surface area contributed by atoms with E-state index < -0.39 is 0 Å². The fraction of sp³-hybridized carbons (Fsp3) is 0.476. The average Bonchev–Trinajstić information content (AvgIpc) is 3.40. The van der Waals surface area contributed by atoms with E-state index in [1.807, 2.05) is 28.5 Å². The summed E-state index contributed by atoms with van der Waals surface area (Å²) in [6.07, 6.45) is 2.43. The monoisotopic (exact) mass is 405 g/mol. The van der Waals surface area contributed by atoms with Crippen molar-refractivity contribution in [2.45, 2.75) is 31.9 Å². The van der Waals surface area contributed by atoms with Gasteiger partial charge in [-0.15, -0.1) is 11.3 Å². The van der Waals surface area contributed by atoms with Gasteiger partial charge in [0.1, 0.15) is 0 Å². The molecule has 1 fully saturated rings. The molecule has 1 atom stereocenters. The minimum absolute atomic E-state index is 0.0539. The van der Waals surface area contributed by atoms with Gasteiger partial charge in [0.25, 0.3) is 0 Å². The molecule has 0 spiro atoms. The topological polar surface area (TPSA) is 57.2 Å². The number of thiophene rings is 1. The van der Waals surface area contributed by atoms with E-state index in [4.69, 9.17) is 18.9 Å². The van der Waals surface area contributed by atoms with Crippen molar-refractivity contribution in [1.82, 2.24) is 4.90 Å². The van der Waals surface area contributed by atoms with E-state index >= 15 is 0 Å². The molecule has 0 unspecified atom stereocenters. The van der Waals surface area contributed by atoms with E-state index in [0.29, 0.717) is 30.3 Å². The highest BCUT2D eigenvalue weighted by molar-refractivity contribution is 7.09. The van der Waals surface area contributed by atoms with Crippen LogP contribution in [0.4, 0.5) is 0 Å². The summed E-state index contributed by atoms with van der Waals surface area (Å²) in [5.41, 5.74) is 0.822. The molecule has 2 aromatic rings. The molecule has 7 heteroatoms. The van der Waals surface area contributed by atoms with Crippen LogP contribution in [0.1, 0.15) is 23.3 Å². The second kappa shape index (κ2) is 9.80. The predicted octanol–water partition coefficient (Wildman–Crippen LogP) is 3.52. The highest BCUT2D eigenvalue weighted by atomic mass is 32.1. The lowest BCUT2D eigenvalue weighted by atomic mass is 10.1. The van der Waals surface area contributed by atoms with E-state index in [0.717, 1.165) is 29.9 Å². The molecule has 0 saturated carbocycles. The summed E-state index contributed by atoms with van der Waals surface area (Å²) >= 11 is 1.66. The van der Waals surface area contributed by atoms with Crippen molar-refractivity contribution in [3.8, 4) is 17.2 Å². The lowest BCUT2D eigenvalue weighted by Crippen LogP contribution is -2.37. The Kier molecular flexibility index (Phi) is 7.17. The molecule has 2 heterocycles. The van der Waals surface area contributed by atoms with Crippen molar-refractivity contribution >= 4 is 17.2 Å². The van der Waals surface area contributed by atoms with Crippen molar-refractivity contribution in [2.24, 2.45) is 0 Å². The summed E-state index contributed by atoms with van der Waals surface area (Å²) in [6, 6.07) is 7.72. The molecule has 3 rings (SSSR count). The van der Waals surface area contributed by atoms with Gasteiger partial charge in [0.05, 0.1) is 40.4 Å². The molecular weight excluding hydrogens is 378 g/mol. The first-order valence-corrected chi connectivity index (χ1v) is 10.2. The highest BCUT2D eigenvalue weighted by Crippen LogP contribution is 2.38. The van der Waals surface area contributed by atoms with Gasteiger partial charge in [-0.3, -0.25) is 4.79 Å². The van der Waals surface area contributed by atoms with Gasteiger partial charge in [-0.25, -0.2) is 0 Å². The van der Waals surface area contributed by atoms with Gasteiger partial charge in [-0.1, -0.05) is 6.07 Å². The van der Waals surface area contributed by atoms with E-state index in [9.17, 15) is 4.79 Å². The lowest BCUT2D eigenvalue weighted by Gasteiger charge is -2.25. The molecule has 1 aromatic heterocycles. The van der Waals surface area contributed by atoms with Crippen LogP contribution in [0.5, 0.6) is 17.2 Å². The second-order valence-corrected chi connectivity index (χ2v) is 7.73. The standard InChI is InChI=1S/C21H27NO5S/c1-24-18-10-15(11-19(25-2)21(18)26-3)12-20(23)22(13-16-6-4-8-27-16)14-17-7-5-9-28-17/h5,7,9-11,16H,4,6,8,12-14H2,1-3H3/t16-/m0/s1. The van der Waals surface area contributed by atoms with Gasteiger partial charge in [0, 0.05) is 18.0 Å². The van der Waals surface area contributed by atoms with Crippen molar-refractivity contribution < 1.29 is 23.7 Å². The first-order chi connectivity index (χ1) is 13.6. The zero-order chi connectivity index (χ0) is 19.9. The summed E-state index contributed by atoms with van der Waals surface area (Å²) in [5.74, 6) is 1.68. The van der Waals surface area contributed by atoms with Crippen LogP contribution in [0.2, 0.25) is 0 Å². The molecule has 1 aromatic carbocycles. The summed E-state index contributed by atoms with van der Waals surface area (Å²) in [4.78, 5) is 16.2. The van der Waals surface area contributed by atoms with E-state index in [2.05, 4.69) is 6.07 Å². The third-order valence-electron chi connectivity index (χ3n) is 4.81. The molecule has 1 amide bonds. The van der Waals surface area contributed by atoms with Crippen molar-refractivity contribution in [1.29, 1.82) is 0 Å². The number of carbonyl (C=O) groups is 1. The maximum absolute atomic E-state index is 13.1. The molecule has 6 nitrogen and oxygen atoms in total. The third kappa shape index (κ3) is 4.97. The molecule has 1 saturated heterocycles. The fourth-order valence-corrected chi connectivity index (χ4v) is 4.12. The van der Waals surface area contributed by atoms with Gasteiger partial charge >= 0.3 is 0 Å². The van der Waals surface area contributed by atoms with E-state index in [1.165, 1.54) is 0 Å². The van der Waals surface area contributed by atoms with Gasteiger partial charge in [0.2, 0.25) is 11.7 Å². The number of methoxy groups -OCH3 is 3. The number of hydrogen-bond acceptors (Lipinski definition) is 6. The smallest absolute Gasteiger partial charge is 0.227 e. The molecule has 28 heavy (non-hydrogen) atoms. The van der Waals surface area contributed by atoms with Gasteiger partial charge in [0.15, 0.2) is 11.5 Å². The Morgan fingerprint density at radius 3 is 2.50 bits per heavy atom. The average molecular weight is 406 g/mol. The van der Waals surface area contributed by atoms with E-state index in [-0.39, 0.29) is 18.4 Å². The van der Waals surface area contributed by atoms with Gasteiger partial charge < -0.3 is 23.8 Å². The predicted molar refractivity (Wildman–Crippen MR) is 109 cm³/mol. The molecule has 0 aliphatic carbocycles. The molecule has 0 bridgehead atoms. The zero-order valence-corrected chi connectivity index (χ0v) is 17.4. The Balaban J connectivity index is 1.78. The number of hydrogen-bond donors (Lipinski definition) is 0. The maximum atomic E-state index is 13.1. The van der Waals surface area contributed by atoms with Crippen LogP contribution < -0.4 is 14.2 Å². The van der Waals surface area contributed by atoms with Crippen LogP contribution >= 0.6 is 11.3 Å². The van der Waals surface area contributed by atoms with Crippen molar-refractivity contribution in [3.05, 3.63) is 40.1 Å². The number of carbonyl (C=O) groups excluding carboxylic acids is 1. The van der Waals surface area contributed by atoms with Crippen molar-refractivity contribution in [3.63, 3.8) is 0 Å². The van der Waals surface area contributed by atoms with Crippen LogP contribution in [0, 0.1) is 0 Å². The van der Waals surface area contributed by atoms with Crippen LogP contribution in [0.3, 0.4) is 0 Å². The molecule has 152 valence electrons. The minimum Gasteiger partial charge on any atom is -0.493 e. The SMILES string of the molecule is COc1cc(CC(=O)N(Cc2cccs2)C[C@@H]2CCCO2)cc(OC)c1OC. The molecule has 1 aliphatic rings. The molecule has 0 N–H and O–H groups in total. The Morgan fingerprint density at radius 2 is 1.96 bits per heavy atom. The second-order valence-electron chi connectivity index (χ2n) is 6.70. The van der Waals surface area contributed by atoms with Gasteiger partial charge in [-0.05, 0) is 42.0 Å². The number of rotatable bonds is 9. The Morgan fingerprint density at radius 1 is 1.21 bits per heavy atom. The van der Waals surface area contributed by atoms with Gasteiger partial charge in [-0.2, -0.15) is 0 Å². The summed E-state index contributed by atoms with van der Waals surface area (Å²) < 4.78 is 21.9. The highest BCUT2D eigenvalue weighted by Gasteiger charge is 2.24. The largest absolute Gasteiger partial charge is 0.493 e. The van der Waals surface area contributed by atoms with E-state index in [1.54, 1.807) is 32.7 Å². The van der Waals surface area contributed by atoms with Crippen LogP contribution in [0.25, 0.3) is 0 Å². The number of ether oxygens (including phenoxy) is 4. The molecular formula is C21H27NO5S. The Bertz CT molecular complexity index is 746. The van der Waals surface area contributed by atoms with Crippen LogP contribution in [-0.4, -0.2) is 51.4 Å². The normalized spacial score (nSPS) is 16.0. The first kappa shape index (κ1) is 20.5. The fourth-order valence-electron chi connectivity index (χ4n) is 3.40. The van der Waals surface area contributed by atoms with Crippen LogP contribution in [-0.2, 0) is 22.5 Å². The zero-order valence-electron chi connectivity index (χ0n) is 16.6. The number of benzene rings is 1. The minimum atomic E-state index is 0.0539. The molecule has 0 radical (unpaired) electrons. The van der Waals surface area contributed by atoms with Crippen molar-refractivity contribution in [2.75, 3.05) is 34.5 Å². The first-order valence-electron chi connectivity index (χ1n) is 9.35. The number of amides is 1.